The molecular formula is C18H18FNO2. The van der Waals surface area contributed by atoms with E-state index in [9.17, 15) is 9.18 Å². The Labute approximate surface area is 129 Å². The average Bonchev–Trinajstić information content (AvgIpc) is 3.36. The first kappa shape index (κ1) is 14.6. The summed E-state index contributed by atoms with van der Waals surface area (Å²) in [5, 5.41) is 0. The van der Waals surface area contributed by atoms with Gasteiger partial charge in [-0.3, -0.25) is 4.79 Å². The van der Waals surface area contributed by atoms with Crippen molar-refractivity contribution in [2.45, 2.75) is 12.8 Å². The second kappa shape index (κ2) is 6.18. The van der Waals surface area contributed by atoms with Gasteiger partial charge in [0.25, 0.3) is 5.91 Å². The Morgan fingerprint density at radius 2 is 2.00 bits per heavy atom. The lowest BCUT2D eigenvalue weighted by molar-refractivity contribution is 0.0984. The molecule has 0 aliphatic heterocycles. The van der Waals surface area contributed by atoms with E-state index in [2.05, 4.69) is 0 Å². The molecule has 0 spiro atoms. The standard InChI is InChI=1S/C18H18FNO2/c1-22-17-8-3-2-7-16(17)20(12-13-9-10-13)18(21)14-5-4-6-15(19)11-14/h2-8,11,13H,9-10,12H2,1H3. The summed E-state index contributed by atoms with van der Waals surface area (Å²) < 4.78 is 18.8. The highest BCUT2D eigenvalue weighted by Crippen LogP contribution is 2.35. The molecule has 1 amide bonds. The van der Waals surface area contributed by atoms with Crippen molar-refractivity contribution >= 4 is 11.6 Å². The molecule has 4 heteroatoms. The molecular weight excluding hydrogens is 281 g/mol. The number of rotatable bonds is 5. The molecule has 0 bridgehead atoms. The summed E-state index contributed by atoms with van der Waals surface area (Å²) in [5.74, 6) is 0.559. The van der Waals surface area contributed by atoms with Crippen LogP contribution < -0.4 is 9.64 Å². The SMILES string of the molecule is COc1ccccc1N(CC1CC1)C(=O)c1cccc(F)c1. The summed E-state index contributed by atoms with van der Waals surface area (Å²) in [7, 11) is 1.58. The molecule has 1 aliphatic rings. The maximum atomic E-state index is 13.4. The van der Waals surface area contributed by atoms with Crippen molar-refractivity contribution < 1.29 is 13.9 Å². The lowest BCUT2D eigenvalue weighted by Crippen LogP contribution is -2.33. The van der Waals surface area contributed by atoms with E-state index in [4.69, 9.17) is 4.74 Å². The molecule has 2 aromatic rings. The zero-order chi connectivity index (χ0) is 15.5. The minimum absolute atomic E-state index is 0.198. The number of carbonyl (C=O) groups is 1. The molecule has 0 N–H and O–H groups in total. The Morgan fingerprint density at radius 1 is 1.23 bits per heavy atom. The number of anilines is 1. The maximum absolute atomic E-state index is 13.4. The number of halogens is 1. The van der Waals surface area contributed by atoms with Gasteiger partial charge in [0.1, 0.15) is 11.6 Å². The third-order valence-corrected chi connectivity index (χ3v) is 3.83. The van der Waals surface area contributed by atoms with Gasteiger partial charge in [-0.05, 0) is 49.1 Å². The summed E-state index contributed by atoms with van der Waals surface area (Å²) in [4.78, 5) is 14.5. The lowest BCUT2D eigenvalue weighted by Gasteiger charge is -2.24. The quantitative estimate of drug-likeness (QED) is 0.838. The molecule has 0 aromatic heterocycles. The van der Waals surface area contributed by atoms with Crippen LogP contribution in [-0.2, 0) is 0 Å². The van der Waals surface area contributed by atoms with Crippen molar-refractivity contribution in [3.05, 3.63) is 59.9 Å². The first-order valence-corrected chi connectivity index (χ1v) is 7.39. The molecule has 1 fully saturated rings. The van der Waals surface area contributed by atoms with Crippen molar-refractivity contribution in [2.75, 3.05) is 18.6 Å². The monoisotopic (exact) mass is 299 g/mol. The second-order valence-corrected chi connectivity index (χ2v) is 5.54. The number of amides is 1. The molecule has 3 rings (SSSR count). The zero-order valence-electron chi connectivity index (χ0n) is 12.5. The van der Waals surface area contributed by atoms with Gasteiger partial charge in [-0.25, -0.2) is 4.39 Å². The Hall–Kier alpha value is -2.36. The van der Waals surface area contributed by atoms with Crippen molar-refractivity contribution in [3.63, 3.8) is 0 Å². The number of benzene rings is 2. The smallest absolute Gasteiger partial charge is 0.258 e. The number of nitrogens with zero attached hydrogens (tertiary/aromatic N) is 1. The number of hydrogen-bond donors (Lipinski definition) is 0. The van der Waals surface area contributed by atoms with Crippen LogP contribution in [0.2, 0.25) is 0 Å². The van der Waals surface area contributed by atoms with E-state index in [0.29, 0.717) is 23.8 Å². The predicted molar refractivity (Wildman–Crippen MR) is 83.8 cm³/mol. The number of methoxy groups -OCH3 is 1. The average molecular weight is 299 g/mol. The molecule has 22 heavy (non-hydrogen) atoms. The molecule has 0 atom stereocenters. The van der Waals surface area contributed by atoms with Crippen molar-refractivity contribution in [1.82, 2.24) is 0 Å². The van der Waals surface area contributed by atoms with Crippen LogP contribution in [0, 0.1) is 11.7 Å². The summed E-state index contributed by atoms with van der Waals surface area (Å²) in [6.07, 6.45) is 2.25. The van der Waals surface area contributed by atoms with Crippen molar-refractivity contribution in [1.29, 1.82) is 0 Å². The molecule has 2 aromatic carbocycles. The minimum Gasteiger partial charge on any atom is -0.495 e. The van der Waals surface area contributed by atoms with Crippen molar-refractivity contribution in [3.8, 4) is 5.75 Å². The first-order chi connectivity index (χ1) is 10.7. The van der Waals surface area contributed by atoms with E-state index >= 15 is 0 Å². The first-order valence-electron chi connectivity index (χ1n) is 7.39. The molecule has 1 aliphatic carbocycles. The topological polar surface area (TPSA) is 29.5 Å². The largest absolute Gasteiger partial charge is 0.495 e. The van der Waals surface area contributed by atoms with Crippen LogP contribution >= 0.6 is 0 Å². The van der Waals surface area contributed by atoms with Gasteiger partial charge in [-0.1, -0.05) is 18.2 Å². The normalized spacial score (nSPS) is 13.7. The highest BCUT2D eigenvalue weighted by atomic mass is 19.1. The number of hydrogen-bond acceptors (Lipinski definition) is 2. The maximum Gasteiger partial charge on any atom is 0.258 e. The molecule has 0 radical (unpaired) electrons. The summed E-state index contributed by atoms with van der Waals surface area (Å²) in [6.45, 7) is 0.635. The van der Waals surface area contributed by atoms with Crippen LogP contribution in [-0.4, -0.2) is 19.6 Å². The fraction of sp³-hybridized carbons (Fsp3) is 0.278. The minimum atomic E-state index is -0.405. The van der Waals surface area contributed by atoms with Gasteiger partial charge >= 0.3 is 0 Å². The predicted octanol–water partition coefficient (Wildman–Crippen LogP) is 3.89. The Kier molecular flexibility index (Phi) is 4.09. The molecule has 114 valence electrons. The zero-order valence-corrected chi connectivity index (χ0v) is 12.5. The van der Waals surface area contributed by atoms with Gasteiger partial charge in [-0.15, -0.1) is 0 Å². The van der Waals surface area contributed by atoms with Gasteiger partial charge in [0.2, 0.25) is 0 Å². The summed E-state index contributed by atoms with van der Waals surface area (Å²) >= 11 is 0. The Morgan fingerprint density at radius 3 is 2.68 bits per heavy atom. The van der Waals surface area contributed by atoms with Gasteiger partial charge in [0.15, 0.2) is 0 Å². The van der Waals surface area contributed by atoms with Crippen LogP contribution in [0.25, 0.3) is 0 Å². The van der Waals surface area contributed by atoms with Gasteiger partial charge < -0.3 is 9.64 Å². The highest BCUT2D eigenvalue weighted by molar-refractivity contribution is 6.06. The van der Waals surface area contributed by atoms with Crippen LogP contribution in [0.1, 0.15) is 23.2 Å². The lowest BCUT2D eigenvalue weighted by atomic mass is 10.1. The number of carbonyl (C=O) groups excluding carboxylic acids is 1. The van der Waals surface area contributed by atoms with Crippen molar-refractivity contribution in [2.24, 2.45) is 5.92 Å². The van der Waals surface area contributed by atoms with Crippen LogP contribution in [0.4, 0.5) is 10.1 Å². The summed E-state index contributed by atoms with van der Waals surface area (Å²) in [6, 6.07) is 13.2. The molecule has 1 saturated carbocycles. The van der Waals surface area contributed by atoms with Crippen LogP contribution in [0.5, 0.6) is 5.75 Å². The van der Waals surface area contributed by atoms with E-state index in [-0.39, 0.29) is 5.91 Å². The van der Waals surface area contributed by atoms with E-state index in [0.717, 1.165) is 18.5 Å². The Bertz CT molecular complexity index is 682. The fourth-order valence-electron chi connectivity index (χ4n) is 2.48. The second-order valence-electron chi connectivity index (χ2n) is 5.54. The van der Waals surface area contributed by atoms with Gasteiger partial charge in [-0.2, -0.15) is 0 Å². The Balaban J connectivity index is 1.97. The molecule has 0 heterocycles. The number of ether oxygens (including phenoxy) is 1. The third kappa shape index (κ3) is 3.11. The molecule has 0 unspecified atom stereocenters. The van der Waals surface area contributed by atoms with E-state index in [1.807, 2.05) is 24.3 Å². The van der Waals surface area contributed by atoms with E-state index in [1.54, 1.807) is 24.1 Å². The van der Waals surface area contributed by atoms with Crippen LogP contribution in [0.3, 0.4) is 0 Å². The van der Waals surface area contributed by atoms with Gasteiger partial charge in [0, 0.05) is 12.1 Å². The fourth-order valence-corrected chi connectivity index (χ4v) is 2.48. The molecule has 0 saturated heterocycles. The van der Waals surface area contributed by atoms with Crippen LogP contribution in [0.15, 0.2) is 48.5 Å². The van der Waals surface area contributed by atoms with E-state index in [1.165, 1.54) is 12.1 Å². The molecule has 3 nitrogen and oxygen atoms in total. The van der Waals surface area contributed by atoms with Gasteiger partial charge in [0.05, 0.1) is 12.8 Å². The third-order valence-electron chi connectivity index (χ3n) is 3.83. The summed E-state index contributed by atoms with van der Waals surface area (Å²) in [5.41, 5.74) is 1.08. The highest BCUT2D eigenvalue weighted by Gasteiger charge is 2.29. The van der Waals surface area contributed by atoms with E-state index < -0.39 is 5.82 Å². The number of para-hydroxylation sites is 2.